The molecule has 4 nitrogen and oxygen atoms in total. The molecule has 0 amide bonds. The molecule has 230 valence electrons. The number of carbonyl (C=O) groups excluding carboxylic acids is 2. The molecule has 5 rings (SSSR count). The lowest BCUT2D eigenvalue weighted by molar-refractivity contribution is -0.157. The van der Waals surface area contributed by atoms with Gasteiger partial charge in [-0.25, -0.2) is 0 Å². The van der Waals surface area contributed by atoms with E-state index in [2.05, 4.69) is 72.8 Å². The van der Waals surface area contributed by atoms with Gasteiger partial charge in [-0.05, 0) is 114 Å². The third-order valence-electron chi connectivity index (χ3n) is 14.0. The van der Waals surface area contributed by atoms with Crippen LogP contribution in [0.15, 0.2) is 24.3 Å². The molecule has 0 saturated heterocycles. The number of esters is 2. The van der Waals surface area contributed by atoms with Crippen molar-refractivity contribution >= 4 is 11.9 Å². The van der Waals surface area contributed by atoms with Crippen molar-refractivity contribution in [3.8, 4) is 0 Å². The van der Waals surface area contributed by atoms with Crippen LogP contribution in [-0.2, 0) is 19.1 Å². The molecule has 5 aliphatic carbocycles. The maximum absolute atomic E-state index is 11.7. The van der Waals surface area contributed by atoms with E-state index in [1.165, 1.54) is 58.8 Å². The summed E-state index contributed by atoms with van der Waals surface area (Å²) in [4.78, 5) is 23.0. The van der Waals surface area contributed by atoms with Gasteiger partial charge in [0.15, 0.2) is 0 Å². The lowest BCUT2D eigenvalue weighted by Gasteiger charge is -2.69. The van der Waals surface area contributed by atoms with Crippen LogP contribution < -0.4 is 0 Å². The van der Waals surface area contributed by atoms with Crippen molar-refractivity contribution in [3.63, 3.8) is 0 Å². The predicted octanol–water partition coefficient (Wildman–Crippen LogP) is 8.94. The quantitative estimate of drug-likeness (QED) is 0.228. The molecule has 4 heteroatoms. The molecule has 0 radical (unpaired) electrons. The minimum absolute atomic E-state index is 0.156. The van der Waals surface area contributed by atoms with Crippen LogP contribution in [0.4, 0.5) is 0 Å². The zero-order valence-electron chi connectivity index (χ0n) is 27.6. The van der Waals surface area contributed by atoms with Gasteiger partial charge in [-0.2, -0.15) is 0 Å². The van der Waals surface area contributed by atoms with Gasteiger partial charge in [0.2, 0.25) is 0 Å². The summed E-state index contributed by atoms with van der Waals surface area (Å²) in [6, 6.07) is 0. The van der Waals surface area contributed by atoms with Gasteiger partial charge in [0, 0.05) is 13.8 Å². The van der Waals surface area contributed by atoms with Gasteiger partial charge in [0.05, 0.1) is 0 Å². The molecule has 0 bridgehead atoms. The molecule has 0 aromatic rings. The summed E-state index contributed by atoms with van der Waals surface area (Å²) in [5.41, 5.74) is 1.50. The van der Waals surface area contributed by atoms with E-state index in [0.29, 0.717) is 45.8 Å². The fraction of sp³-hybridized carbons (Fsp3) is 0.838. The summed E-state index contributed by atoms with van der Waals surface area (Å²) in [5, 5.41) is 0. The van der Waals surface area contributed by atoms with Crippen LogP contribution in [0.1, 0.15) is 120 Å². The Labute approximate surface area is 250 Å². The zero-order valence-corrected chi connectivity index (χ0v) is 27.6. The molecule has 0 N–H and O–H groups in total. The average Bonchev–Trinajstić information content (AvgIpc) is 3.22. The van der Waals surface area contributed by atoms with Gasteiger partial charge >= 0.3 is 11.9 Å². The maximum atomic E-state index is 11.7. The van der Waals surface area contributed by atoms with Crippen LogP contribution in [0.2, 0.25) is 0 Å². The second-order valence-corrected chi connectivity index (χ2v) is 16.7. The van der Waals surface area contributed by atoms with E-state index in [9.17, 15) is 9.59 Å². The highest BCUT2D eigenvalue weighted by molar-refractivity contribution is 5.67. The minimum atomic E-state index is -0.354. The molecule has 5 aliphatic rings. The molecular formula is C37H58O4. The minimum Gasteiger partial charge on any atom is -0.462 e. The van der Waals surface area contributed by atoms with E-state index in [1.54, 1.807) is 0 Å². The van der Waals surface area contributed by atoms with E-state index in [4.69, 9.17) is 9.47 Å². The topological polar surface area (TPSA) is 52.6 Å². The van der Waals surface area contributed by atoms with Crippen molar-refractivity contribution in [2.24, 2.45) is 62.6 Å². The third kappa shape index (κ3) is 4.86. The Bertz CT molecular complexity index is 1090. The van der Waals surface area contributed by atoms with Crippen molar-refractivity contribution in [1.29, 1.82) is 0 Å². The van der Waals surface area contributed by atoms with Crippen molar-refractivity contribution in [2.45, 2.75) is 126 Å². The molecule has 0 aromatic carbocycles. The molecule has 0 aliphatic heterocycles. The Balaban J connectivity index is 1.35. The Morgan fingerprint density at radius 1 is 0.805 bits per heavy atom. The zero-order chi connectivity index (χ0) is 30.0. The lowest BCUT2D eigenvalue weighted by atomic mass is 9.35. The number of fused-ring (bicyclic) bond motifs is 7. The molecule has 0 aromatic heterocycles. The largest absolute Gasteiger partial charge is 0.462 e. The first-order valence-corrected chi connectivity index (χ1v) is 16.8. The maximum Gasteiger partial charge on any atom is 0.303 e. The van der Waals surface area contributed by atoms with Gasteiger partial charge in [-0.15, -0.1) is 0 Å². The van der Waals surface area contributed by atoms with Crippen LogP contribution in [0.25, 0.3) is 0 Å². The fourth-order valence-electron chi connectivity index (χ4n) is 11.9. The summed E-state index contributed by atoms with van der Waals surface area (Å²) in [6.45, 7) is 21.0. The predicted molar refractivity (Wildman–Crippen MR) is 165 cm³/mol. The number of ether oxygens (including phenoxy) is 2. The highest BCUT2D eigenvalue weighted by Crippen LogP contribution is 2.75. The smallest absolute Gasteiger partial charge is 0.303 e. The van der Waals surface area contributed by atoms with Crippen molar-refractivity contribution in [1.82, 2.24) is 0 Å². The van der Waals surface area contributed by atoms with Crippen LogP contribution in [0, 0.1) is 62.6 Å². The lowest BCUT2D eigenvalue weighted by Crippen LogP contribution is -2.62. The van der Waals surface area contributed by atoms with E-state index >= 15 is 0 Å². The van der Waals surface area contributed by atoms with Gasteiger partial charge in [-0.1, -0.05) is 79.2 Å². The van der Waals surface area contributed by atoms with E-state index in [1.807, 2.05) is 0 Å². The molecule has 3 fully saturated rings. The first-order chi connectivity index (χ1) is 19.1. The van der Waals surface area contributed by atoms with Gasteiger partial charge < -0.3 is 9.47 Å². The number of allylic oxidation sites excluding steroid dienone is 4. The van der Waals surface area contributed by atoms with Crippen molar-refractivity contribution < 1.29 is 19.1 Å². The number of rotatable bonds is 7. The average molecular weight is 567 g/mol. The Hall–Kier alpha value is -1.58. The highest BCUT2D eigenvalue weighted by atomic mass is 16.6. The van der Waals surface area contributed by atoms with Crippen LogP contribution >= 0.6 is 0 Å². The van der Waals surface area contributed by atoms with Crippen molar-refractivity contribution in [2.75, 3.05) is 6.61 Å². The molecule has 3 saturated carbocycles. The first kappa shape index (κ1) is 30.9. The van der Waals surface area contributed by atoms with E-state index < -0.39 is 0 Å². The summed E-state index contributed by atoms with van der Waals surface area (Å²) < 4.78 is 10.7. The van der Waals surface area contributed by atoms with E-state index in [-0.39, 0.29) is 35.5 Å². The summed E-state index contributed by atoms with van der Waals surface area (Å²) in [6.07, 6.45) is 21.5. The van der Waals surface area contributed by atoms with Gasteiger partial charge in [0.1, 0.15) is 12.7 Å². The first-order valence-electron chi connectivity index (χ1n) is 16.8. The SMILES string of the molecule is CC(=O)OCC(CCC(C)C1CCC2(C)C1CCC1(C)C2C=CC2C3(C)CCCC(C)(C)C3C=CC21C)OC(C)=O. The van der Waals surface area contributed by atoms with Crippen LogP contribution in [0.5, 0.6) is 0 Å². The Morgan fingerprint density at radius 3 is 2.20 bits per heavy atom. The van der Waals surface area contributed by atoms with Crippen LogP contribution in [-0.4, -0.2) is 24.6 Å². The molecule has 11 unspecified atom stereocenters. The number of hydrogen-bond acceptors (Lipinski definition) is 4. The summed E-state index contributed by atoms with van der Waals surface area (Å²) in [5.74, 6) is 3.21. The molecular weight excluding hydrogens is 508 g/mol. The van der Waals surface area contributed by atoms with E-state index in [0.717, 1.165) is 18.8 Å². The number of carbonyl (C=O) groups is 2. The summed E-state index contributed by atoms with van der Waals surface area (Å²) in [7, 11) is 0. The fourth-order valence-corrected chi connectivity index (χ4v) is 11.9. The second-order valence-electron chi connectivity index (χ2n) is 16.7. The normalized spacial score (nSPS) is 45.4. The van der Waals surface area contributed by atoms with Gasteiger partial charge in [-0.3, -0.25) is 9.59 Å². The molecule has 0 heterocycles. The Kier molecular flexibility index (Phi) is 7.94. The third-order valence-corrected chi connectivity index (χ3v) is 14.0. The molecule has 11 atom stereocenters. The standard InChI is InChI=1S/C37H58O4/c1-24(11-12-27(41-26(3)39)23-40-25(2)38)28-15-20-34(6)29(28)16-21-36(8)31(34)13-14-32-35(7)19-10-18-33(4,5)30(35)17-22-37(32,36)9/h13-14,17,22,24,27-32H,10-12,15-16,18-21,23H2,1-9H3. The Morgan fingerprint density at radius 2 is 1.51 bits per heavy atom. The summed E-state index contributed by atoms with van der Waals surface area (Å²) >= 11 is 0. The van der Waals surface area contributed by atoms with Crippen molar-refractivity contribution in [3.05, 3.63) is 24.3 Å². The molecule has 41 heavy (non-hydrogen) atoms. The van der Waals surface area contributed by atoms with Crippen LogP contribution in [0.3, 0.4) is 0 Å². The monoisotopic (exact) mass is 566 g/mol. The molecule has 0 spiro atoms. The van der Waals surface area contributed by atoms with Gasteiger partial charge in [0.25, 0.3) is 0 Å². The number of hydrogen-bond donors (Lipinski definition) is 0. The second kappa shape index (κ2) is 10.5. The highest BCUT2D eigenvalue weighted by Gasteiger charge is 2.68.